The van der Waals surface area contributed by atoms with Gasteiger partial charge in [0.25, 0.3) is 0 Å². The van der Waals surface area contributed by atoms with Crippen LogP contribution in [0.5, 0.6) is 0 Å². The normalized spacial score (nSPS) is 11.2. The van der Waals surface area contributed by atoms with E-state index in [4.69, 9.17) is 4.74 Å². The van der Waals surface area contributed by atoms with Gasteiger partial charge in [-0.2, -0.15) is 0 Å². The molecule has 1 aromatic carbocycles. The van der Waals surface area contributed by atoms with E-state index >= 15 is 0 Å². The number of carbonyl (C=O) groups is 2. The molecular formula is C24H20N4O3S3. The van der Waals surface area contributed by atoms with Crippen molar-refractivity contribution in [2.24, 2.45) is 0 Å². The van der Waals surface area contributed by atoms with Gasteiger partial charge in [0.05, 0.1) is 17.9 Å². The molecule has 172 valence electrons. The van der Waals surface area contributed by atoms with Crippen LogP contribution >= 0.6 is 34.4 Å². The second kappa shape index (κ2) is 9.57. The molecule has 4 aromatic heterocycles. The molecule has 0 aliphatic carbocycles. The maximum atomic E-state index is 12.9. The molecule has 0 fully saturated rings. The van der Waals surface area contributed by atoms with Gasteiger partial charge in [-0.3, -0.25) is 9.20 Å². The standard InChI is InChI=1S/C24H20N4O3S3/c1-3-31-23(30)21-16(18-9-6-10-32-18)12-33-22(21)25-20(29)13-34-24-27-26-19-11-14(2)15-7-4-5-8-17(15)28(19)24/h4-12H,3,13H2,1-2H3,(H,25,29). The highest BCUT2D eigenvalue weighted by atomic mass is 32.2. The van der Waals surface area contributed by atoms with Crippen molar-refractivity contribution >= 4 is 67.9 Å². The summed E-state index contributed by atoms with van der Waals surface area (Å²) in [6, 6.07) is 13.9. The Morgan fingerprint density at radius 1 is 1.15 bits per heavy atom. The molecule has 1 amide bonds. The molecule has 4 heterocycles. The minimum Gasteiger partial charge on any atom is -0.462 e. The number of nitrogens with zero attached hydrogens (tertiary/aromatic N) is 3. The number of aromatic nitrogens is 3. The number of rotatable bonds is 7. The van der Waals surface area contributed by atoms with Gasteiger partial charge in [-0.25, -0.2) is 4.79 Å². The number of esters is 1. The zero-order valence-electron chi connectivity index (χ0n) is 18.4. The number of carbonyl (C=O) groups excluding carboxylic acids is 2. The highest BCUT2D eigenvalue weighted by molar-refractivity contribution is 7.99. The Morgan fingerprint density at radius 3 is 2.79 bits per heavy atom. The van der Waals surface area contributed by atoms with Gasteiger partial charge in [-0.1, -0.05) is 36.0 Å². The van der Waals surface area contributed by atoms with Crippen molar-refractivity contribution in [2.45, 2.75) is 19.0 Å². The Balaban J connectivity index is 1.38. The number of thiophene rings is 2. The Kier molecular flexibility index (Phi) is 6.36. The Labute approximate surface area is 207 Å². The smallest absolute Gasteiger partial charge is 0.341 e. The molecule has 7 nitrogen and oxygen atoms in total. The molecule has 0 saturated carbocycles. The van der Waals surface area contributed by atoms with Crippen molar-refractivity contribution in [3.63, 3.8) is 0 Å². The third-order valence-electron chi connectivity index (χ3n) is 5.22. The number of pyridine rings is 1. The SMILES string of the molecule is CCOC(=O)c1c(-c2cccs2)csc1NC(=O)CSc1nnc2cc(C)c3ccccc3n12. The predicted molar refractivity (Wildman–Crippen MR) is 138 cm³/mol. The molecule has 0 spiro atoms. The van der Waals surface area contributed by atoms with Crippen LogP contribution in [-0.2, 0) is 9.53 Å². The van der Waals surface area contributed by atoms with Crippen LogP contribution in [-0.4, -0.2) is 38.8 Å². The van der Waals surface area contributed by atoms with E-state index in [1.54, 1.807) is 6.92 Å². The van der Waals surface area contributed by atoms with Crippen molar-refractivity contribution in [1.29, 1.82) is 0 Å². The first kappa shape index (κ1) is 22.6. The van der Waals surface area contributed by atoms with Crippen LogP contribution in [0.4, 0.5) is 5.00 Å². The summed E-state index contributed by atoms with van der Waals surface area (Å²) in [7, 11) is 0. The van der Waals surface area contributed by atoms with Gasteiger partial charge in [0, 0.05) is 21.2 Å². The van der Waals surface area contributed by atoms with Crippen LogP contribution in [0.1, 0.15) is 22.8 Å². The van der Waals surface area contributed by atoms with E-state index in [9.17, 15) is 9.59 Å². The van der Waals surface area contributed by atoms with Gasteiger partial charge in [0.2, 0.25) is 5.91 Å². The summed E-state index contributed by atoms with van der Waals surface area (Å²) < 4.78 is 7.22. The first-order valence-electron chi connectivity index (χ1n) is 10.6. The highest BCUT2D eigenvalue weighted by Gasteiger charge is 2.23. The number of ether oxygens (including phenoxy) is 1. The van der Waals surface area contributed by atoms with Gasteiger partial charge in [-0.05, 0) is 43.0 Å². The largest absolute Gasteiger partial charge is 0.462 e. The van der Waals surface area contributed by atoms with E-state index in [1.165, 1.54) is 34.4 Å². The number of hydrogen-bond acceptors (Lipinski definition) is 8. The fourth-order valence-corrected chi connectivity index (χ4v) is 6.27. The lowest BCUT2D eigenvalue weighted by atomic mass is 10.1. The minimum absolute atomic E-state index is 0.123. The maximum Gasteiger partial charge on any atom is 0.341 e. The second-order valence-electron chi connectivity index (χ2n) is 7.41. The average molecular weight is 509 g/mol. The quantitative estimate of drug-likeness (QED) is 0.218. The van der Waals surface area contributed by atoms with Gasteiger partial charge in [-0.15, -0.1) is 32.9 Å². The summed E-state index contributed by atoms with van der Waals surface area (Å²) >= 11 is 4.15. The maximum absolute atomic E-state index is 12.9. The zero-order valence-corrected chi connectivity index (χ0v) is 20.9. The summed E-state index contributed by atoms with van der Waals surface area (Å²) in [5, 5.41) is 17.5. The highest BCUT2D eigenvalue weighted by Crippen LogP contribution is 2.38. The minimum atomic E-state index is -0.444. The summed E-state index contributed by atoms with van der Waals surface area (Å²) in [6.45, 7) is 4.07. The molecule has 34 heavy (non-hydrogen) atoms. The fourth-order valence-electron chi connectivity index (χ4n) is 3.73. The number of aryl methyl sites for hydroxylation is 1. The Bertz CT molecular complexity index is 1510. The van der Waals surface area contributed by atoms with E-state index in [0.29, 0.717) is 15.7 Å². The summed E-state index contributed by atoms with van der Waals surface area (Å²) in [4.78, 5) is 26.5. The lowest BCUT2D eigenvalue weighted by Gasteiger charge is -2.09. The van der Waals surface area contributed by atoms with Crippen LogP contribution < -0.4 is 5.32 Å². The first-order valence-corrected chi connectivity index (χ1v) is 13.3. The van der Waals surface area contributed by atoms with Gasteiger partial charge in [0.15, 0.2) is 10.8 Å². The lowest BCUT2D eigenvalue weighted by molar-refractivity contribution is -0.113. The molecule has 0 radical (unpaired) electrons. The third-order valence-corrected chi connectivity index (χ3v) is 7.94. The molecular weight excluding hydrogens is 488 g/mol. The molecule has 10 heteroatoms. The number of para-hydroxylation sites is 1. The van der Waals surface area contributed by atoms with E-state index in [0.717, 1.165) is 32.6 Å². The molecule has 0 aliphatic heterocycles. The molecule has 0 bridgehead atoms. The Morgan fingerprint density at radius 2 is 2.00 bits per heavy atom. The van der Waals surface area contributed by atoms with Crippen molar-refractivity contribution in [1.82, 2.24) is 14.6 Å². The number of fused-ring (bicyclic) bond motifs is 3. The van der Waals surface area contributed by atoms with E-state index in [2.05, 4.69) is 21.6 Å². The monoisotopic (exact) mass is 508 g/mol. The summed E-state index contributed by atoms with van der Waals surface area (Å²) in [5.41, 5.74) is 4.01. The van der Waals surface area contributed by atoms with Crippen molar-refractivity contribution in [3.8, 4) is 10.4 Å². The lowest BCUT2D eigenvalue weighted by Crippen LogP contribution is -2.16. The van der Waals surface area contributed by atoms with Crippen molar-refractivity contribution in [3.05, 3.63) is 64.4 Å². The van der Waals surface area contributed by atoms with Crippen molar-refractivity contribution < 1.29 is 14.3 Å². The number of anilines is 1. The third kappa shape index (κ3) is 4.20. The van der Waals surface area contributed by atoms with Gasteiger partial charge >= 0.3 is 5.97 Å². The fraction of sp³-hybridized carbons (Fsp3) is 0.167. The van der Waals surface area contributed by atoms with Crippen LogP contribution in [0.25, 0.3) is 27.0 Å². The molecule has 0 unspecified atom stereocenters. The van der Waals surface area contributed by atoms with E-state index < -0.39 is 5.97 Å². The number of amides is 1. The molecule has 1 N–H and O–H groups in total. The Hall–Kier alpha value is -3.21. The number of nitrogens with one attached hydrogen (secondary N) is 1. The number of hydrogen-bond donors (Lipinski definition) is 1. The first-order chi connectivity index (χ1) is 16.6. The van der Waals surface area contributed by atoms with Gasteiger partial charge < -0.3 is 10.1 Å². The van der Waals surface area contributed by atoms with Crippen molar-refractivity contribution in [2.75, 3.05) is 17.7 Å². The van der Waals surface area contributed by atoms with Crippen LogP contribution in [0, 0.1) is 6.92 Å². The van der Waals surface area contributed by atoms with Crippen LogP contribution in [0.3, 0.4) is 0 Å². The number of thioether (sulfide) groups is 1. The molecule has 5 rings (SSSR count). The van der Waals surface area contributed by atoms with Crippen LogP contribution in [0.15, 0.2) is 58.4 Å². The molecule has 0 saturated heterocycles. The topological polar surface area (TPSA) is 85.6 Å². The zero-order chi connectivity index (χ0) is 23.7. The number of benzene rings is 1. The molecule has 5 aromatic rings. The second-order valence-corrected chi connectivity index (χ2v) is 10.2. The predicted octanol–water partition coefficient (Wildman–Crippen LogP) is 5.89. The van der Waals surface area contributed by atoms with Gasteiger partial charge in [0.1, 0.15) is 10.6 Å². The van der Waals surface area contributed by atoms with Crippen LogP contribution in [0.2, 0.25) is 0 Å². The summed E-state index contributed by atoms with van der Waals surface area (Å²) in [6.07, 6.45) is 0. The van der Waals surface area contributed by atoms with E-state index in [-0.39, 0.29) is 18.3 Å². The molecule has 0 aliphatic rings. The average Bonchev–Trinajstić information content (AvgIpc) is 3.58. The molecule has 0 atom stereocenters. The van der Waals surface area contributed by atoms with E-state index in [1.807, 2.05) is 58.5 Å². The summed E-state index contributed by atoms with van der Waals surface area (Å²) in [5.74, 6) is -0.555.